The Kier molecular flexibility index (Phi) is 5.23. The van der Waals surface area contributed by atoms with Gasteiger partial charge in [0.05, 0.1) is 0 Å². The summed E-state index contributed by atoms with van der Waals surface area (Å²) in [6.45, 7) is 5.36. The predicted octanol–water partition coefficient (Wildman–Crippen LogP) is 3.51. The van der Waals surface area contributed by atoms with Crippen molar-refractivity contribution in [1.82, 2.24) is 4.98 Å². The Hall–Kier alpha value is -2.83. The number of hydrogen-bond acceptors (Lipinski definition) is 5. The molecule has 7 heteroatoms. The number of benzene rings is 1. The molecule has 128 valence electrons. The fourth-order valence-corrected chi connectivity index (χ4v) is 2.14. The average Bonchev–Trinajstić information content (AvgIpc) is 2.93. The summed E-state index contributed by atoms with van der Waals surface area (Å²) in [5, 5.41) is 11.7. The average molecular weight is 332 g/mol. The van der Waals surface area contributed by atoms with Gasteiger partial charge in [0.25, 0.3) is 0 Å². The van der Waals surface area contributed by atoms with Gasteiger partial charge in [0.2, 0.25) is 0 Å². The molecular formula is C17H20N2O5. The molecule has 7 nitrogen and oxygen atoms in total. The molecule has 0 fully saturated rings. The maximum atomic E-state index is 11.9. The van der Waals surface area contributed by atoms with E-state index in [-0.39, 0.29) is 5.69 Å². The Bertz CT molecular complexity index is 731. The molecule has 0 saturated heterocycles. The van der Waals surface area contributed by atoms with Crippen molar-refractivity contribution in [2.45, 2.75) is 39.2 Å². The van der Waals surface area contributed by atoms with Crippen LogP contribution in [0.15, 0.2) is 35.1 Å². The molecule has 1 aromatic carbocycles. The molecule has 0 aliphatic carbocycles. The molecular weight excluding hydrogens is 312 g/mol. The van der Waals surface area contributed by atoms with Crippen molar-refractivity contribution in [2.75, 3.05) is 5.32 Å². The van der Waals surface area contributed by atoms with Gasteiger partial charge in [-0.1, -0.05) is 18.2 Å². The Labute approximate surface area is 139 Å². The number of aromatic nitrogens is 1. The maximum Gasteiger partial charge on any atom is 0.412 e. The topological polar surface area (TPSA) is 102 Å². The van der Waals surface area contributed by atoms with E-state index in [0.29, 0.717) is 24.3 Å². The molecule has 0 saturated carbocycles. The van der Waals surface area contributed by atoms with Crippen molar-refractivity contribution >= 4 is 17.7 Å². The third-order valence-electron chi connectivity index (χ3n) is 3.12. The van der Waals surface area contributed by atoms with Crippen LogP contribution in [0, 0.1) is 0 Å². The van der Waals surface area contributed by atoms with Gasteiger partial charge >= 0.3 is 12.1 Å². The van der Waals surface area contributed by atoms with Crippen molar-refractivity contribution in [3.63, 3.8) is 0 Å². The summed E-state index contributed by atoms with van der Waals surface area (Å²) in [7, 11) is 0. The molecule has 2 rings (SSSR count). The van der Waals surface area contributed by atoms with Crippen molar-refractivity contribution in [2.24, 2.45) is 0 Å². The summed E-state index contributed by atoms with van der Waals surface area (Å²) in [4.78, 5) is 26.6. The smallest absolute Gasteiger partial charge is 0.412 e. The lowest BCUT2D eigenvalue weighted by Gasteiger charge is -2.20. The van der Waals surface area contributed by atoms with Crippen LogP contribution in [0.4, 0.5) is 10.5 Å². The fourth-order valence-electron chi connectivity index (χ4n) is 2.14. The normalized spacial score (nSPS) is 11.1. The minimum atomic E-state index is -1.13. The highest BCUT2D eigenvalue weighted by molar-refractivity contribution is 5.87. The van der Waals surface area contributed by atoms with Gasteiger partial charge in [-0.05, 0) is 38.8 Å². The number of amides is 1. The molecule has 24 heavy (non-hydrogen) atoms. The van der Waals surface area contributed by atoms with Crippen LogP contribution in [0.1, 0.15) is 42.6 Å². The number of nitrogens with one attached hydrogen (secondary N) is 1. The van der Waals surface area contributed by atoms with Gasteiger partial charge in [0.1, 0.15) is 11.4 Å². The summed E-state index contributed by atoms with van der Waals surface area (Å²) in [5.41, 5.74) is 0.779. The highest BCUT2D eigenvalue weighted by Gasteiger charge is 2.18. The van der Waals surface area contributed by atoms with E-state index in [9.17, 15) is 9.59 Å². The van der Waals surface area contributed by atoms with Gasteiger partial charge in [-0.2, -0.15) is 0 Å². The van der Waals surface area contributed by atoms with Crippen LogP contribution in [0.25, 0.3) is 0 Å². The van der Waals surface area contributed by atoms with Crippen molar-refractivity contribution < 1.29 is 23.8 Å². The van der Waals surface area contributed by atoms with E-state index in [2.05, 4.69) is 10.3 Å². The molecule has 2 aromatic rings. The molecule has 0 unspecified atom stereocenters. The van der Waals surface area contributed by atoms with E-state index in [1.807, 2.05) is 12.1 Å². The number of oxazole rings is 1. The monoisotopic (exact) mass is 332 g/mol. The predicted molar refractivity (Wildman–Crippen MR) is 87.2 cm³/mol. The Morgan fingerprint density at radius 3 is 2.62 bits per heavy atom. The quantitative estimate of drug-likeness (QED) is 0.869. The molecule has 1 heterocycles. The number of rotatable bonds is 5. The molecule has 1 aromatic heterocycles. The Balaban J connectivity index is 2.07. The number of aryl methyl sites for hydroxylation is 2. The molecule has 0 spiro atoms. The van der Waals surface area contributed by atoms with E-state index in [1.54, 1.807) is 32.9 Å². The molecule has 0 atom stereocenters. The van der Waals surface area contributed by atoms with Gasteiger partial charge in [0, 0.05) is 12.1 Å². The zero-order valence-electron chi connectivity index (χ0n) is 13.8. The molecule has 2 N–H and O–H groups in total. The van der Waals surface area contributed by atoms with Crippen LogP contribution in [-0.2, 0) is 17.6 Å². The first-order valence-electron chi connectivity index (χ1n) is 7.50. The minimum absolute atomic E-state index is 0.0902. The van der Waals surface area contributed by atoms with Crippen LogP contribution in [-0.4, -0.2) is 27.8 Å². The highest BCUT2D eigenvalue weighted by atomic mass is 16.6. The van der Waals surface area contributed by atoms with Crippen LogP contribution < -0.4 is 5.32 Å². The van der Waals surface area contributed by atoms with E-state index in [4.69, 9.17) is 14.3 Å². The van der Waals surface area contributed by atoms with Crippen molar-refractivity contribution in [1.29, 1.82) is 0 Å². The second-order valence-electron chi connectivity index (χ2n) is 6.21. The third kappa shape index (κ3) is 4.84. The minimum Gasteiger partial charge on any atom is -0.476 e. The van der Waals surface area contributed by atoms with Crippen LogP contribution in [0.2, 0.25) is 0 Å². The number of para-hydroxylation sites is 1. The van der Waals surface area contributed by atoms with E-state index >= 15 is 0 Å². The van der Waals surface area contributed by atoms with Gasteiger partial charge in [-0.25, -0.2) is 14.6 Å². The van der Waals surface area contributed by atoms with Gasteiger partial charge in [-0.15, -0.1) is 0 Å². The summed E-state index contributed by atoms with van der Waals surface area (Å²) in [6, 6.07) is 7.25. The first-order valence-corrected chi connectivity index (χ1v) is 7.50. The summed E-state index contributed by atoms with van der Waals surface area (Å²) in [6.07, 6.45) is 1.42. The highest BCUT2D eigenvalue weighted by Crippen LogP contribution is 2.20. The standard InChI is InChI=1S/C17H20N2O5/c1-17(2,3)24-16(22)19-12-7-5-4-6-11(12)8-9-13-14(15(20)21)18-10-23-13/h4-7,10H,8-9H2,1-3H3,(H,19,22)(H,20,21). The number of hydrogen-bond donors (Lipinski definition) is 2. The first kappa shape index (κ1) is 17.5. The van der Waals surface area contributed by atoms with Crippen molar-refractivity contribution in [3.8, 4) is 0 Å². The number of carbonyl (C=O) groups excluding carboxylic acids is 1. The molecule has 1 amide bonds. The lowest BCUT2D eigenvalue weighted by atomic mass is 10.1. The Morgan fingerprint density at radius 2 is 1.96 bits per heavy atom. The number of ether oxygens (including phenoxy) is 1. The fraction of sp³-hybridized carbons (Fsp3) is 0.353. The van der Waals surface area contributed by atoms with Crippen LogP contribution in [0.3, 0.4) is 0 Å². The second-order valence-corrected chi connectivity index (χ2v) is 6.21. The van der Waals surface area contributed by atoms with Gasteiger partial charge in [0.15, 0.2) is 12.1 Å². The number of anilines is 1. The number of nitrogens with zero attached hydrogens (tertiary/aromatic N) is 1. The van der Waals surface area contributed by atoms with Crippen molar-refractivity contribution in [3.05, 3.63) is 47.7 Å². The SMILES string of the molecule is CC(C)(C)OC(=O)Nc1ccccc1CCc1ocnc1C(=O)O. The Morgan fingerprint density at radius 1 is 1.25 bits per heavy atom. The van der Waals surface area contributed by atoms with Gasteiger partial charge < -0.3 is 14.3 Å². The van der Waals surface area contributed by atoms with E-state index < -0.39 is 17.7 Å². The van der Waals surface area contributed by atoms with Gasteiger partial charge in [-0.3, -0.25) is 5.32 Å². The van der Waals surface area contributed by atoms with E-state index in [1.165, 1.54) is 0 Å². The first-order chi connectivity index (χ1) is 11.3. The number of carbonyl (C=O) groups is 2. The third-order valence-corrected chi connectivity index (χ3v) is 3.12. The molecule has 0 aliphatic heterocycles. The lowest BCUT2D eigenvalue weighted by molar-refractivity contribution is 0.0633. The van der Waals surface area contributed by atoms with Crippen LogP contribution >= 0.6 is 0 Å². The zero-order valence-corrected chi connectivity index (χ0v) is 13.8. The van der Waals surface area contributed by atoms with Crippen LogP contribution in [0.5, 0.6) is 0 Å². The van der Waals surface area contributed by atoms with E-state index in [0.717, 1.165) is 12.0 Å². The second kappa shape index (κ2) is 7.16. The summed E-state index contributed by atoms with van der Waals surface area (Å²) < 4.78 is 10.4. The number of aromatic carboxylic acids is 1. The number of carboxylic acid groups (broad SMARTS) is 1. The summed E-state index contributed by atoms with van der Waals surface area (Å²) >= 11 is 0. The maximum absolute atomic E-state index is 11.9. The molecule has 0 aliphatic rings. The largest absolute Gasteiger partial charge is 0.476 e. The zero-order chi connectivity index (χ0) is 17.7. The lowest BCUT2D eigenvalue weighted by Crippen LogP contribution is -2.27. The number of carboxylic acids is 1. The molecule has 0 bridgehead atoms. The summed E-state index contributed by atoms with van der Waals surface area (Å²) in [5.74, 6) is -0.825. The molecule has 0 radical (unpaired) electrons.